The first-order valence-electron chi connectivity index (χ1n) is 12.1. The molecule has 41 heavy (non-hydrogen) atoms. The molecule has 0 radical (unpaired) electrons. The number of hydrogen-bond acceptors (Lipinski definition) is 12. The van der Waals surface area contributed by atoms with E-state index in [1.807, 2.05) is 0 Å². The summed E-state index contributed by atoms with van der Waals surface area (Å²) in [4.78, 5) is 44.7. The van der Waals surface area contributed by atoms with Crippen LogP contribution in [0.25, 0.3) is 11.2 Å². The summed E-state index contributed by atoms with van der Waals surface area (Å²) in [7, 11) is -3.98. The molecule has 4 unspecified atom stereocenters. The van der Waals surface area contributed by atoms with Crippen LogP contribution in [0.2, 0.25) is 0 Å². The maximum absolute atomic E-state index is 12.7. The van der Waals surface area contributed by atoms with E-state index in [-0.39, 0.29) is 27.8 Å². The Labute approximate surface area is 232 Å². The molecule has 3 amide bonds. The Morgan fingerprint density at radius 3 is 2.39 bits per heavy atom. The van der Waals surface area contributed by atoms with Gasteiger partial charge in [0.1, 0.15) is 18.5 Å². The molecule has 3 aromatic heterocycles. The predicted molar refractivity (Wildman–Crippen MR) is 142 cm³/mol. The minimum absolute atomic E-state index is 0.0341. The molecule has 0 spiro atoms. The molecule has 0 saturated carbocycles. The van der Waals surface area contributed by atoms with Crippen molar-refractivity contribution in [2.24, 2.45) is 0 Å². The van der Waals surface area contributed by atoms with Gasteiger partial charge in [0.15, 0.2) is 29.3 Å². The summed E-state index contributed by atoms with van der Waals surface area (Å²) in [6.45, 7) is 2.02. The number of benzene rings is 1. The Hall–Kier alpha value is -4.78. The van der Waals surface area contributed by atoms with Gasteiger partial charge in [-0.15, -0.1) is 0 Å². The molecule has 1 fully saturated rings. The van der Waals surface area contributed by atoms with E-state index in [1.54, 1.807) is 6.92 Å². The van der Waals surface area contributed by atoms with Crippen LogP contribution in [-0.4, -0.2) is 84.9 Å². The molecule has 18 heteroatoms. The Morgan fingerprint density at radius 2 is 1.68 bits per heavy atom. The fourth-order valence-electron chi connectivity index (χ4n) is 4.03. The third kappa shape index (κ3) is 5.75. The van der Waals surface area contributed by atoms with E-state index in [9.17, 15) is 28.2 Å². The van der Waals surface area contributed by atoms with Crippen molar-refractivity contribution < 1.29 is 33.0 Å². The number of nitrogens with one attached hydrogen (secondary N) is 4. The Balaban J connectivity index is 1.26. The van der Waals surface area contributed by atoms with Gasteiger partial charge >= 0.3 is 6.03 Å². The molecule has 5 rings (SSSR count). The van der Waals surface area contributed by atoms with Crippen molar-refractivity contribution in [3.05, 3.63) is 55.4 Å². The number of aliphatic hydroxyl groups excluding tert-OH is 2. The predicted octanol–water partition coefficient (Wildman–Crippen LogP) is -0.184. The Kier molecular flexibility index (Phi) is 7.70. The van der Waals surface area contributed by atoms with Gasteiger partial charge < -0.3 is 25.6 Å². The number of nitrogens with zero attached hydrogens (tertiary/aromatic N) is 6. The van der Waals surface area contributed by atoms with Crippen molar-refractivity contribution in [1.29, 1.82) is 0 Å². The number of fused-ring (bicyclic) bond motifs is 1. The number of amides is 3. The lowest BCUT2D eigenvalue weighted by Crippen LogP contribution is -2.42. The molecule has 0 bridgehead atoms. The van der Waals surface area contributed by atoms with Crippen LogP contribution in [0.3, 0.4) is 0 Å². The molecule has 4 heterocycles. The molecule has 6 N–H and O–H groups in total. The van der Waals surface area contributed by atoms with Crippen LogP contribution in [0.1, 0.15) is 13.2 Å². The van der Waals surface area contributed by atoms with Gasteiger partial charge in [-0.05, 0) is 37.3 Å². The second kappa shape index (κ2) is 11.4. The van der Waals surface area contributed by atoms with Crippen LogP contribution in [0.4, 0.5) is 22.0 Å². The number of aliphatic hydroxyl groups is 2. The van der Waals surface area contributed by atoms with Crippen LogP contribution in [-0.2, 0) is 19.6 Å². The molecule has 4 aromatic rings. The number of urea groups is 1. The molecule has 17 nitrogen and oxygen atoms in total. The molecule has 1 saturated heterocycles. The van der Waals surface area contributed by atoms with Gasteiger partial charge in [-0.25, -0.2) is 29.7 Å². The first-order chi connectivity index (χ1) is 19.7. The van der Waals surface area contributed by atoms with E-state index >= 15 is 0 Å². The summed E-state index contributed by atoms with van der Waals surface area (Å²) in [6, 6.07) is 6.64. The average molecular weight is 585 g/mol. The Bertz CT molecular complexity index is 1670. The zero-order chi connectivity index (χ0) is 29.1. The van der Waals surface area contributed by atoms with Crippen molar-refractivity contribution in [1.82, 2.24) is 34.8 Å². The highest BCUT2D eigenvalue weighted by Gasteiger charge is 2.47. The van der Waals surface area contributed by atoms with Gasteiger partial charge in [0.25, 0.3) is 21.1 Å². The maximum Gasteiger partial charge on any atom is 0.324 e. The topological polar surface area (TPSA) is 235 Å². The van der Waals surface area contributed by atoms with E-state index in [2.05, 4.69) is 45.6 Å². The van der Waals surface area contributed by atoms with Crippen molar-refractivity contribution in [3.63, 3.8) is 0 Å². The average Bonchev–Trinajstić information content (AvgIpc) is 3.51. The quantitative estimate of drug-likeness (QED) is 0.148. The Morgan fingerprint density at radius 1 is 0.976 bits per heavy atom. The fourth-order valence-corrected chi connectivity index (χ4v) is 4.96. The smallest absolute Gasteiger partial charge is 0.324 e. The van der Waals surface area contributed by atoms with Gasteiger partial charge in [0.05, 0.1) is 6.33 Å². The van der Waals surface area contributed by atoms with Crippen molar-refractivity contribution in [3.8, 4) is 0 Å². The summed E-state index contributed by atoms with van der Waals surface area (Å²) in [5.41, 5.74) is 0.886. The summed E-state index contributed by atoms with van der Waals surface area (Å²) in [6.07, 6.45) is -0.360. The van der Waals surface area contributed by atoms with Crippen LogP contribution in [0, 0.1) is 0 Å². The maximum atomic E-state index is 12.7. The number of imidazole rings is 1. The molecular weight excluding hydrogens is 560 g/mol. The molecule has 1 aliphatic heterocycles. The summed E-state index contributed by atoms with van der Waals surface area (Å²) >= 11 is 0. The van der Waals surface area contributed by atoms with Crippen molar-refractivity contribution in [2.45, 2.75) is 36.6 Å². The largest absolute Gasteiger partial charge is 0.387 e. The highest BCUT2D eigenvalue weighted by atomic mass is 32.2. The second-order valence-corrected chi connectivity index (χ2v) is 10.2. The summed E-state index contributed by atoms with van der Waals surface area (Å²) < 4.78 is 34.1. The number of sulfonamides is 1. The van der Waals surface area contributed by atoms with Gasteiger partial charge in [-0.1, -0.05) is 0 Å². The van der Waals surface area contributed by atoms with Crippen molar-refractivity contribution >= 4 is 50.3 Å². The summed E-state index contributed by atoms with van der Waals surface area (Å²) in [5, 5.41) is 28.2. The zero-order valence-electron chi connectivity index (χ0n) is 21.2. The van der Waals surface area contributed by atoms with E-state index in [1.165, 1.54) is 53.6 Å². The molecular formula is C23H24N10O7S. The standard InChI is InChI=1S/C23H24N10O7S/c1-2-24-20(36)17-15(34)16(35)21(40-17)33-11-29-14-18(27-10-28-19(14)33)31-22(37)30-12-4-6-13(7-5-12)32-41(38,39)23-25-8-3-9-26-23/h3-11,15-17,21,32,34-35H,2H2,1H3,(H,24,36)(H2,27,28,30,31,37). The normalized spacial score (nSPS) is 20.5. The molecule has 214 valence electrons. The minimum Gasteiger partial charge on any atom is -0.387 e. The number of rotatable bonds is 8. The fraction of sp³-hybridized carbons (Fsp3) is 0.261. The van der Waals surface area contributed by atoms with E-state index < -0.39 is 46.5 Å². The number of likely N-dealkylation sites (N-methyl/N-ethyl adjacent to an activating group) is 1. The third-order valence-corrected chi connectivity index (χ3v) is 7.09. The highest BCUT2D eigenvalue weighted by Crippen LogP contribution is 2.32. The first kappa shape index (κ1) is 27.8. The zero-order valence-corrected chi connectivity index (χ0v) is 22.1. The van der Waals surface area contributed by atoms with Gasteiger partial charge in [0.2, 0.25) is 0 Å². The number of hydrogen-bond donors (Lipinski definition) is 6. The van der Waals surface area contributed by atoms with Crippen LogP contribution in [0.15, 0.2) is 60.5 Å². The van der Waals surface area contributed by atoms with Gasteiger partial charge in [-0.3, -0.25) is 19.4 Å². The third-order valence-electron chi connectivity index (χ3n) is 5.89. The van der Waals surface area contributed by atoms with Gasteiger partial charge in [-0.2, -0.15) is 8.42 Å². The molecule has 0 aliphatic carbocycles. The van der Waals surface area contributed by atoms with E-state index in [4.69, 9.17) is 4.74 Å². The number of ether oxygens (including phenoxy) is 1. The SMILES string of the molecule is CCNC(=O)C1OC(n2cnc3c(NC(=O)Nc4ccc(NS(=O)(=O)c5ncccn5)cc4)ncnc32)C(O)C1O. The first-order valence-corrected chi connectivity index (χ1v) is 13.6. The minimum atomic E-state index is -3.98. The summed E-state index contributed by atoms with van der Waals surface area (Å²) in [5.74, 6) is -0.540. The van der Waals surface area contributed by atoms with E-state index in [0.717, 1.165) is 6.33 Å². The van der Waals surface area contributed by atoms with Crippen LogP contribution >= 0.6 is 0 Å². The monoisotopic (exact) mass is 584 g/mol. The van der Waals surface area contributed by atoms with E-state index in [0.29, 0.717) is 12.2 Å². The lowest BCUT2D eigenvalue weighted by Gasteiger charge is -2.16. The van der Waals surface area contributed by atoms with Crippen molar-refractivity contribution in [2.75, 3.05) is 21.9 Å². The molecule has 1 aromatic carbocycles. The van der Waals surface area contributed by atoms with Crippen LogP contribution in [0.5, 0.6) is 0 Å². The van der Waals surface area contributed by atoms with Gasteiger partial charge in [0, 0.05) is 30.3 Å². The lowest BCUT2D eigenvalue weighted by atomic mass is 10.1. The number of anilines is 3. The highest BCUT2D eigenvalue weighted by molar-refractivity contribution is 7.92. The lowest BCUT2D eigenvalue weighted by molar-refractivity contribution is -0.137. The number of carbonyl (C=O) groups is 2. The second-order valence-electron chi connectivity index (χ2n) is 8.66. The number of aromatic nitrogens is 6. The molecule has 4 atom stereocenters. The van der Waals surface area contributed by atoms with Crippen LogP contribution < -0.4 is 20.7 Å². The molecule has 1 aliphatic rings. The number of carbonyl (C=O) groups excluding carboxylic acids is 2.